The molecule has 8 nitrogen and oxygen atoms in total. The summed E-state index contributed by atoms with van der Waals surface area (Å²) in [6, 6.07) is 6.25. The molecule has 1 fully saturated rings. The van der Waals surface area contributed by atoms with Gasteiger partial charge in [-0.3, -0.25) is 14.9 Å². The Balaban J connectivity index is 1.82. The Morgan fingerprint density at radius 2 is 2.11 bits per heavy atom. The summed E-state index contributed by atoms with van der Waals surface area (Å²) < 4.78 is 1.46. The van der Waals surface area contributed by atoms with E-state index in [-0.39, 0.29) is 23.3 Å². The van der Waals surface area contributed by atoms with E-state index in [4.69, 9.17) is 0 Å². The van der Waals surface area contributed by atoms with Gasteiger partial charge in [0, 0.05) is 18.2 Å². The number of carbonyl (C=O) groups is 1. The zero-order chi connectivity index (χ0) is 20.4. The van der Waals surface area contributed by atoms with Crippen LogP contribution < -0.4 is 5.32 Å². The second-order valence-corrected chi connectivity index (χ2v) is 8.12. The van der Waals surface area contributed by atoms with Crippen molar-refractivity contribution in [2.24, 2.45) is 17.8 Å². The van der Waals surface area contributed by atoms with Gasteiger partial charge < -0.3 is 5.32 Å². The number of nitro benzene ring substituents is 1. The first-order valence-electron chi connectivity index (χ1n) is 9.76. The summed E-state index contributed by atoms with van der Waals surface area (Å²) in [4.78, 5) is 23.4. The third-order valence-corrected chi connectivity index (χ3v) is 5.73. The van der Waals surface area contributed by atoms with Crippen LogP contribution in [-0.4, -0.2) is 31.9 Å². The van der Waals surface area contributed by atoms with Crippen LogP contribution >= 0.6 is 0 Å². The van der Waals surface area contributed by atoms with Gasteiger partial charge in [0.15, 0.2) is 5.69 Å². The highest BCUT2D eigenvalue weighted by Gasteiger charge is 2.32. The van der Waals surface area contributed by atoms with E-state index in [1.807, 2.05) is 0 Å². The molecule has 150 valence electrons. The molecule has 0 bridgehead atoms. The highest BCUT2D eigenvalue weighted by Crippen LogP contribution is 2.33. The van der Waals surface area contributed by atoms with Crippen LogP contribution in [0.2, 0.25) is 0 Å². The standard InChI is InChI=1S/C20H27N5O3/c1-12(2)17-9-8-13(3)10-18(17)21-20(26)19-14(4)24(23-22-19)15-6-5-7-16(11-15)25(27)28/h5-7,11-13,17-18H,8-10H2,1-4H3,(H,21,26). The van der Waals surface area contributed by atoms with E-state index in [0.717, 1.165) is 12.8 Å². The Morgan fingerprint density at radius 1 is 1.36 bits per heavy atom. The van der Waals surface area contributed by atoms with Crippen LogP contribution in [0.1, 0.15) is 56.2 Å². The molecular weight excluding hydrogens is 358 g/mol. The van der Waals surface area contributed by atoms with E-state index < -0.39 is 4.92 Å². The molecular formula is C20H27N5O3. The smallest absolute Gasteiger partial charge is 0.273 e. The molecule has 2 aromatic rings. The maximum absolute atomic E-state index is 12.9. The van der Waals surface area contributed by atoms with Crippen molar-refractivity contribution in [1.82, 2.24) is 20.3 Å². The first kappa shape index (κ1) is 20.0. The minimum atomic E-state index is -0.459. The van der Waals surface area contributed by atoms with Gasteiger partial charge in [0.2, 0.25) is 0 Å². The Bertz CT molecular complexity index is 876. The Kier molecular flexibility index (Phi) is 5.76. The summed E-state index contributed by atoms with van der Waals surface area (Å²) in [5.41, 5.74) is 1.29. The molecule has 0 radical (unpaired) electrons. The van der Waals surface area contributed by atoms with E-state index in [9.17, 15) is 14.9 Å². The lowest BCUT2D eigenvalue weighted by atomic mass is 9.74. The molecule has 0 spiro atoms. The Labute approximate surface area is 164 Å². The minimum absolute atomic E-state index is 0.0330. The molecule has 1 amide bonds. The highest BCUT2D eigenvalue weighted by atomic mass is 16.6. The van der Waals surface area contributed by atoms with Crippen molar-refractivity contribution in [3.8, 4) is 5.69 Å². The predicted octanol–water partition coefficient (Wildman–Crippen LogP) is 3.67. The van der Waals surface area contributed by atoms with Gasteiger partial charge in [0.05, 0.1) is 16.3 Å². The van der Waals surface area contributed by atoms with Crippen molar-refractivity contribution in [3.05, 3.63) is 45.8 Å². The summed E-state index contributed by atoms with van der Waals surface area (Å²) in [5, 5.41) is 22.3. The fourth-order valence-corrected chi connectivity index (χ4v) is 4.13. The average Bonchev–Trinajstić information content (AvgIpc) is 3.03. The average molecular weight is 385 g/mol. The number of rotatable bonds is 5. The van der Waals surface area contributed by atoms with Gasteiger partial charge >= 0.3 is 0 Å². The summed E-state index contributed by atoms with van der Waals surface area (Å²) in [7, 11) is 0. The van der Waals surface area contributed by atoms with Crippen LogP contribution in [0, 0.1) is 34.8 Å². The lowest BCUT2D eigenvalue weighted by Crippen LogP contribution is -2.45. The van der Waals surface area contributed by atoms with Gasteiger partial charge in [-0.2, -0.15) is 0 Å². The van der Waals surface area contributed by atoms with Gasteiger partial charge in [0.25, 0.3) is 11.6 Å². The lowest BCUT2D eigenvalue weighted by molar-refractivity contribution is -0.384. The Hall–Kier alpha value is -2.77. The molecule has 1 aliphatic rings. The number of non-ortho nitro benzene ring substituents is 1. The number of hydrogen-bond donors (Lipinski definition) is 1. The first-order chi connectivity index (χ1) is 13.3. The molecule has 3 rings (SSSR count). The summed E-state index contributed by atoms with van der Waals surface area (Å²) in [6.07, 6.45) is 3.27. The normalized spacial score (nSPS) is 22.2. The summed E-state index contributed by atoms with van der Waals surface area (Å²) >= 11 is 0. The monoisotopic (exact) mass is 385 g/mol. The SMILES string of the molecule is Cc1c(C(=O)NC2CC(C)CCC2C(C)C)nnn1-c1cccc([N+](=O)[O-])c1. The van der Waals surface area contributed by atoms with E-state index in [1.54, 1.807) is 19.1 Å². The van der Waals surface area contributed by atoms with Gasteiger partial charge in [-0.1, -0.05) is 38.5 Å². The number of aromatic nitrogens is 3. The fraction of sp³-hybridized carbons (Fsp3) is 0.550. The Morgan fingerprint density at radius 3 is 2.79 bits per heavy atom. The van der Waals surface area contributed by atoms with Gasteiger partial charge in [-0.05, 0) is 43.6 Å². The number of nitrogens with zero attached hydrogens (tertiary/aromatic N) is 4. The highest BCUT2D eigenvalue weighted by molar-refractivity contribution is 5.93. The first-order valence-corrected chi connectivity index (χ1v) is 9.76. The molecule has 1 heterocycles. The van der Waals surface area contributed by atoms with E-state index in [2.05, 4.69) is 36.4 Å². The van der Waals surface area contributed by atoms with Crippen molar-refractivity contribution in [1.29, 1.82) is 0 Å². The molecule has 0 saturated heterocycles. The van der Waals surface area contributed by atoms with Crippen LogP contribution in [-0.2, 0) is 0 Å². The van der Waals surface area contributed by atoms with Crippen LogP contribution in [0.15, 0.2) is 24.3 Å². The lowest BCUT2D eigenvalue weighted by Gasteiger charge is -2.37. The fourth-order valence-electron chi connectivity index (χ4n) is 4.13. The van der Waals surface area contributed by atoms with Crippen LogP contribution in [0.3, 0.4) is 0 Å². The quantitative estimate of drug-likeness (QED) is 0.625. The van der Waals surface area contributed by atoms with Crippen molar-refractivity contribution < 1.29 is 9.72 Å². The van der Waals surface area contributed by atoms with Crippen LogP contribution in [0.25, 0.3) is 5.69 Å². The molecule has 3 atom stereocenters. The molecule has 1 N–H and O–H groups in total. The summed E-state index contributed by atoms with van der Waals surface area (Å²) in [5.74, 6) is 1.30. The van der Waals surface area contributed by atoms with E-state index >= 15 is 0 Å². The van der Waals surface area contributed by atoms with Gasteiger partial charge in [-0.15, -0.1) is 5.10 Å². The van der Waals surface area contributed by atoms with Gasteiger partial charge in [-0.25, -0.2) is 4.68 Å². The second-order valence-electron chi connectivity index (χ2n) is 8.12. The number of nitrogens with one attached hydrogen (secondary N) is 1. The van der Waals surface area contributed by atoms with Crippen molar-refractivity contribution in [2.75, 3.05) is 0 Å². The molecule has 1 aromatic heterocycles. The van der Waals surface area contributed by atoms with Crippen molar-refractivity contribution >= 4 is 11.6 Å². The molecule has 8 heteroatoms. The maximum atomic E-state index is 12.9. The topological polar surface area (TPSA) is 103 Å². The van der Waals surface area contributed by atoms with Crippen LogP contribution in [0.4, 0.5) is 5.69 Å². The number of benzene rings is 1. The second kappa shape index (κ2) is 8.08. The molecule has 3 unspecified atom stereocenters. The minimum Gasteiger partial charge on any atom is -0.348 e. The molecule has 1 aliphatic carbocycles. The maximum Gasteiger partial charge on any atom is 0.273 e. The van der Waals surface area contributed by atoms with Crippen LogP contribution in [0.5, 0.6) is 0 Å². The molecule has 1 aromatic carbocycles. The molecule has 28 heavy (non-hydrogen) atoms. The van der Waals surface area contributed by atoms with Crippen molar-refractivity contribution in [2.45, 2.75) is 53.0 Å². The third kappa shape index (κ3) is 4.05. The number of amides is 1. The zero-order valence-electron chi connectivity index (χ0n) is 16.8. The third-order valence-electron chi connectivity index (χ3n) is 5.73. The number of hydrogen-bond acceptors (Lipinski definition) is 5. The predicted molar refractivity (Wildman–Crippen MR) is 105 cm³/mol. The molecule has 1 saturated carbocycles. The number of nitro groups is 1. The van der Waals surface area contributed by atoms with Crippen molar-refractivity contribution in [3.63, 3.8) is 0 Å². The van der Waals surface area contributed by atoms with E-state index in [1.165, 1.54) is 23.2 Å². The van der Waals surface area contributed by atoms with Gasteiger partial charge in [0.1, 0.15) is 0 Å². The van der Waals surface area contributed by atoms with E-state index in [0.29, 0.717) is 29.1 Å². The summed E-state index contributed by atoms with van der Waals surface area (Å²) in [6.45, 7) is 8.37. The number of carbonyl (C=O) groups excluding carboxylic acids is 1. The molecule has 0 aliphatic heterocycles. The zero-order valence-corrected chi connectivity index (χ0v) is 16.8. The largest absolute Gasteiger partial charge is 0.348 e.